The average molecular weight is 338 g/mol. The van der Waals surface area contributed by atoms with Crippen LogP contribution in [-0.4, -0.2) is 23.3 Å². The molecule has 0 saturated heterocycles. The van der Waals surface area contributed by atoms with Crippen LogP contribution in [0.15, 0.2) is 42.5 Å². The van der Waals surface area contributed by atoms with E-state index in [0.717, 1.165) is 16.8 Å². The largest absolute Gasteiger partial charge is 0.338 e. The molecule has 0 fully saturated rings. The Bertz CT molecular complexity index is 751. The minimum Gasteiger partial charge on any atom is -0.338 e. The second-order valence-electron chi connectivity index (χ2n) is 6.52. The zero-order valence-corrected chi connectivity index (χ0v) is 15.4. The molecular formula is C21H26N2O2. The fourth-order valence-electron chi connectivity index (χ4n) is 2.54. The Labute approximate surface area is 149 Å². The van der Waals surface area contributed by atoms with Crippen molar-refractivity contribution < 1.29 is 9.59 Å². The van der Waals surface area contributed by atoms with Gasteiger partial charge in [-0.2, -0.15) is 0 Å². The molecule has 0 heterocycles. The molecule has 0 aliphatic rings. The summed E-state index contributed by atoms with van der Waals surface area (Å²) in [5, 5.41) is 2.90. The molecule has 0 spiro atoms. The van der Waals surface area contributed by atoms with Crippen LogP contribution in [0.3, 0.4) is 0 Å². The number of hydrogen-bond donors (Lipinski definition) is 1. The van der Waals surface area contributed by atoms with E-state index in [9.17, 15) is 9.59 Å². The van der Waals surface area contributed by atoms with E-state index < -0.39 is 0 Å². The van der Waals surface area contributed by atoms with Crippen molar-refractivity contribution in [3.05, 3.63) is 64.7 Å². The van der Waals surface area contributed by atoms with Gasteiger partial charge in [-0.25, -0.2) is 0 Å². The SMILES string of the molecule is CC(=O)N(CCC(=O)Nc1ccc(C)c(C)c1)Cc1ccc(C)cc1. The normalized spacial score (nSPS) is 10.4. The van der Waals surface area contributed by atoms with Gasteiger partial charge >= 0.3 is 0 Å². The van der Waals surface area contributed by atoms with E-state index in [1.807, 2.05) is 63.2 Å². The van der Waals surface area contributed by atoms with Crippen LogP contribution in [0.25, 0.3) is 0 Å². The summed E-state index contributed by atoms with van der Waals surface area (Å²) in [6.07, 6.45) is 0.276. The van der Waals surface area contributed by atoms with Gasteiger partial charge in [0.2, 0.25) is 11.8 Å². The van der Waals surface area contributed by atoms with Gasteiger partial charge < -0.3 is 10.2 Å². The molecule has 0 aliphatic heterocycles. The Morgan fingerprint density at radius 1 is 0.960 bits per heavy atom. The number of nitrogens with zero attached hydrogens (tertiary/aromatic N) is 1. The number of carbonyl (C=O) groups is 2. The summed E-state index contributed by atoms with van der Waals surface area (Å²) >= 11 is 0. The van der Waals surface area contributed by atoms with Gasteiger partial charge in [0.25, 0.3) is 0 Å². The van der Waals surface area contributed by atoms with E-state index in [1.165, 1.54) is 18.1 Å². The molecule has 0 radical (unpaired) electrons. The predicted molar refractivity (Wildman–Crippen MR) is 101 cm³/mol. The van der Waals surface area contributed by atoms with E-state index in [-0.39, 0.29) is 18.2 Å². The lowest BCUT2D eigenvalue weighted by Crippen LogP contribution is -2.31. The number of carbonyl (C=O) groups excluding carboxylic acids is 2. The van der Waals surface area contributed by atoms with Crippen LogP contribution in [-0.2, 0) is 16.1 Å². The van der Waals surface area contributed by atoms with Gasteiger partial charge in [0.15, 0.2) is 0 Å². The Hall–Kier alpha value is -2.62. The van der Waals surface area contributed by atoms with Crippen molar-refractivity contribution in [2.45, 2.75) is 40.7 Å². The van der Waals surface area contributed by atoms with Crippen LogP contribution in [0.1, 0.15) is 35.6 Å². The molecule has 4 nitrogen and oxygen atoms in total. The second kappa shape index (κ2) is 8.47. The average Bonchev–Trinajstić information content (AvgIpc) is 2.56. The number of anilines is 1. The number of rotatable bonds is 6. The summed E-state index contributed by atoms with van der Waals surface area (Å²) in [4.78, 5) is 25.7. The summed E-state index contributed by atoms with van der Waals surface area (Å²) in [6, 6.07) is 13.9. The zero-order valence-electron chi connectivity index (χ0n) is 15.4. The van der Waals surface area contributed by atoms with E-state index in [0.29, 0.717) is 13.1 Å². The number of aryl methyl sites for hydroxylation is 3. The summed E-state index contributed by atoms with van der Waals surface area (Å²) in [5.74, 6) is -0.113. The number of hydrogen-bond acceptors (Lipinski definition) is 2. The first kappa shape index (κ1) is 18.7. The third kappa shape index (κ3) is 5.75. The molecule has 0 aromatic heterocycles. The fraction of sp³-hybridized carbons (Fsp3) is 0.333. The van der Waals surface area contributed by atoms with Crippen molar-refractivity contribution >= 4 is 17.5 Å². The van der Waals surface area contributed by atoms with Gasteiger partial charge in [-0.15, -0.1) is 0 Å². The summed E-state index contributed by atoms with van der Waals surface area (Å²) < 4.78 is 0. The van der Waals surface area contributed by atoms with E-state index in [2.05, 4.69) is 5.32 Å². The van der Waals surface area contributed by atoms with Gasteiger partial charge in [0.1, 0.15) is 0 Å². The highest BCUT2D eigenvalue weighted by molar-refractivity contribution is 5.91. The molecule has 0 unspecified atom stereocenters. The van der Waals surface area contributed by atoms with Crippen molar-refractivity contribution in [2.24, 2.45) is 0 Å². The van der Waals surface area contributed by atoms with Crippen LogP contribution in [0.2, 0.25) is 0 Å². The second-order valence-corrected chi connectivity index (χ2v) is 6.52. The molecular weight excluding hydrogens is 312 g/mol. The van der Waals surface area contributed by atoms with Crippen molar-refractivity contribution in [2.75, 3.05) is 11.9 Å². The molecule has 2 amide bonds. The standard InChI is InChI=1S/C21H26N2O2/c1-15-5-8-19(9-6-15)14-23(18(4)24)12-11-21(25)22-20-10-7-16(2)17(3)13-20/h5-10,13H,11-12,14H2,1-4H3,(H,22,25). The topological polar surface area (TPSA) is 49.4 Å². The third-order valence-corrected chi connectivity index (χ3v) is 4.34. The minimum absolute atomic E-state index is 0.0282. The molecule has 0 atom stereocenters. The van der Waals surface area contributed by atoms with Crippen LogP contribution in [0, 0.1) is 20.8 Å². The first-order valence-corrected chi connectivity index (χ1v) is 8.53. The van der Waals surface area contributed by atoms with E-state index in [1.54, 1.807) is 4.90 Å². The quantitative estimate of drug-likeness (QED) is 0.866. The monoisotopic (exact) mass is 338 g/mol. The minimum atomic E-state index is -0.0848. The molecule has 2 aromatic rings. The van der Waals surface area contributed by atoms with Gasteiger partial charge in [0.05, 0.1) is 0 Å². The van der Waals surface area contributed by atoms with Gasteiger partial charge in [-0.1, -0.05) is 35.9 Å². The van der Waals surface area contributed by atoms with Crippen molar-refractivity contribution in [1.82, 2.24) is 4.90 Å². The maximum absolute atomic E-state index is 12.2. The molecule has 2 aromatic carbocycles. The maximum atomic E-state index is 12.2. The summed E-state index contributed by atoms with van der Waals surface area (Å²) in [6.45, 7) is 8.55. The van der Waals surface area contributed by atoms with Gasteiger partial charge in [-0.05, 0) is 49.6 Å². The molecule has 0 bridgehead atoms. The molecule has 132 valence electrons. The summed E-state index contributed by atoms with van der Waals surface area (Å²) in [7, 11) is 0. The molecule has 4 heteroatoms. The Kier molecular flexibility index (Phi) is 6.34. The molecule has 0 aliphatic carbocycles. The van der Waals surface area contributed by atoms with Crippen LogP contribution >= 0.6 is 0 Å². The molecule has 1 N–H and O–H groups in total. The fourth-order valence-corrected chi connectivity index (χ4v) is 2.54. The lowest BCUT2D eigenvalue weighted by Gasteiger charge is -2.21. The number of nitrogens with one attached hydrogen (secondary N) is 1. The first-order valence-electron chi connectivity index (χ1n) is 8.53. The van der Waals surface area contributed by atoms with Crippen LogP contribution in [0.5, 0.6) is 0 Å². The number of amides is 2. The lowest BCUT2D eigenvalue weighted by atomic mass is 10.1. The lowest BCUT2D eigenvalue weighted by molar-refractivity contribution is -0.129. The van der Waals surface area contributed by atoms with Crippen LogP contribution in [0.4, 0.5) is 5.69 Å². The van der Waals surface area contributed by atoms with E-state index in [4.69, 9.17) is 0 Å². The van der Waals surface area contributed by atoms with Crippen molar-refractivity contribution in [1.29, 1.82) is 0 Å². The third-order valence-electron chi connectivity index (χ3n) is 4.34. The smallest absolute Gasteiger partial charge is 0.226 e. The van der Waals surface area contributed by atoms with E-state index >= 15 is 0 Å². The molecule has 25 heavy (non-hydrogen) atoms. The maximum Gasteiger partial charge on any atom is 0.226 e. The highest BCUT2D eigenvalue weighted by Crippen LogP contribution is 2.14. The Balaban J connectivity index is 1.91. The first-order chi connectivity index (χ1) is 11.8. The highest BCUT2D eigenvalue weighted by Gasteiger charge is 2.12. The van der Waals surface area contributed by atoms with Crippen molar-refractivity contribution in [3.63, 3.8) is 0 Å². The van der Waals surface area contributed by atoms with Crippen LogP contribution < -0.4 is 5.32 Å². The Morgan fingerprint density at radius 2 is 1.64 bits per heavy atom. The highest BCUT2D eigenvalue weighted by atomic mass is 16.2. The van der Waals surface area contributed by atoms with Crippen molar-refractivity contribution in [3.8, 4) is 0 Å². The molecule has 2 rings (SSSR count). The molecule has 0 saturated carbocycles. The zero-order chi connectivity index (χ0) is 18.4. The van der Waals surface area contributed by atoms with Gasteiger partial charge in [-0.3, -0.25) is 9.59 Å². The number of benzene rings is 2. The van der Waals surface area contributed by atoms with Gasteiger partial charge in [0, 0.05) is 32.1 Å². The summed E-state index contributed by atoms with van der Waals surface area (Å²) in [5.41, 5.74) is 5.38. The predicted octanol–water partition coefficient (Wildman–Crippen LogP) is 3.99. The Morgan fingerprint density at radius 3 is 2.24 bits per heavy atom.